The number of nitrogens with zero attached hydrogens (tertiary/aromatic N) is 2. The van der Waals surface area contributed by atoms with Crippen LogP contribution in [0.25, 0.3) is 0 Å². The minimum Gasteiger partial charge on any atom is -0.480 e. The van der Waals surface area contributed by atoms with Gasteiger partial charge in [-0.1, -0.05) is 19.8 Å². The maximum absolute atomic E-state index is 11.8. The normalized spacial score (nSPS) is 12.2. The molecule has 0 saturated carbocycles. The van der Waals surface area contributed by atoms with Crippen LogP contribution in [0.5, 0.6) is 0 Å². The molecule has 1 aromatic heterocycles. The van der Waals surface area contributed by atoms with Crippen LogP contribution in [-0.4, -0.2) is 32.8 Å². The molecule has 0 saturated heterocycles. The quantitative estimate of drug-likeness (QED) is 0.779. The number of unbranched alkanes of at least 4 members (excludes halogenated alkanes) is 1. The van der Waals surface area contributed by atoms with E-state index in [1.807, 2.05) is 26.8 Å². The lowest BCUT2D eigenvalue weighted by Crippen LogP contribution is -2.42. The fourth-order valence-corrected chi connectivity index (χ4v) is 1.88. The number of carboxylic acids is 1. The lowest BCUT2D eigenvalue weighted by atomic mass is 10.1. The van der Waals surface area contributed by atoms with Crippen LogP contribution in [0.3, 0.4) is 0 Å². The van der Waals surface area contributed by atoms with E-state index < -0.39 is 12.0 Å². The molecule has 2 N–H and O–H groups in total. The third-order valence-electron chi connectivity index (χ3n) is 2.88. The smallest absolute Gasteiger partial charge is 0.326 e. The van der Waals surface area contributed by atoms with Crippen molar-refractivity contribution in [2.45, 2.75) is 52.6 Å². The summed E-state index contributed by atoms with van der Waals surface area (Å²) in [4.78, 5) is 22.8. The first-order valence-electron chi connectivity index (χ1n) is 6.47. The molecule has 0 spiro atoms. The van der Waals surface area contributed by atoms with Crippen LogP contribution in [0.1, 0.15) is 37.6 Å². The number of aliphatic carboxylic acids is 1. The molecule has 1 amide bonds. The average molecular weight is 267 g/mol. The van der Waals surface area contributed by atoms with Gasteiger partial charge in [-0.15, -0.1) is 0 Å². The lowest BCUT2D eigenvalue weighted by molar-refractivity contribution is -0.142. The van der Waals surface area contributed by atoms with Crippen LogP contribution < -0.4 is 5.32 Å². The molecule has 6 heteroatoms. The molecule has 1 heterocycles. The van der Waals surface area contributed by atoms with Gasteiger partial charge in [0.25, 0.3) is 0 Å². The molecule has 19 heavy (non-hydrogen) atoms. The molecule has 1 aromatic rings. The minimum atomic E-state index is -0.991. The number of nitrogens with one attached hydrogen (secondary N) is 1. The Morgan fingerprint density at radius 3 is 2.63 bits per heavy atom. The van der Waals surface area contributed by atoms with Crippen molar-refractivity contribution >= 4 is 11.9 Å². The van der Waals surface area contributed by atoms with Gasteiger partial charge in [-0.3, -0.25) is 9.48 Å². The summed E-state index contributed by atoms with van der Waals surface area (Å²) in [6.07, 6.45) is 2.13. The molecule has 0 aliphatic rings. The third kappa shape index (κ3) is 4.73. The minimum absolute atomic E-state index is 0.0512. The molecule has 0 aliphatic heterocycles. The molecule has 0 aromatic carbocycles. The van der Waals surface area contributed by atoms with Gasteiger partial charge in [-0.25, -0.2) is 4.79 Å². The fraction of sp³-hybridized carbons (Fsp3) is 0.615. The van der Waals surface area contributed by atoms with Crippen molar-refractivity contribution in [2.75, 3.05) is 0 Å². The molecule has 6 nitrogen and oxygen atoms in total. The van der Waals surface area contributed by atoms with Gasteiger partial charge in [0, 0.05) is 5.69 Å². The number of hydrogen-bond acceptors (Lipinski definition) is 3. The topological polar surface area (TPSA) is 84.2 Å². The zero-order valence-corrected chi connectivity index (χ0v) is 11.6. The number of carbonyl (C=O) groups is 2. The van der Waals surface area contributed by atoms with Crippen molar-refractivity contribution in [3.05, 3.63) is 17.5 Å². The third-order valence-corrected chi connectivity index (χ3v) is 2.88. The molecule has 0 radical (unpaired) electrons. The Morgan fingerprint density at radius 2 is 2.16 bits per heavy atom. The molecular weight excluding hydrogens is 246 g/mol. The van der Waals surface area contributed by atoms with Crippen LogP contribution in [0.4, 0.5) is 0 Å². The number of carboxylic acid groups (broad SMARTS) is 1. The number of aryl methyl sites for hydroxylation is 2. The van der Waals surface area contributed by atoms with Gasteiger partial charge in [-0.05, 0) is 26.3 Å². The van der Waals surface area contributed by atoms with E-state index in [1.54, 1.807) is 4.68 Å². The van der Waals surface area contributed by atoms with E-state index in [-0.39, 0.29) is 12.5 Å². The highest BCUT2D eigenvalue weighted by molar-refractivity contribution is 5.83. The van der Waals surface area contributed by atoms with E-state index in [4.69, 9.17) is 5.11 Å². The second-order valence-electron chi connectivity index (χ2n) is 4.69. The Labute approximate surface area is 112 Å². The van der Waals surface area contributed by atoms with Crippen LogP contribution in [-0.2, 0) is 16.1 Å². The van der Waals surface area contributed by atoms with E-state index in [0.29, 0.717) is 6.42 Å². The number of aromatic nitrogens is 2. The van der Waals surface area contributed by atoms with Gasteiger partial charge in [0.15, 0.2) is 0 Å². The van der Waals surface area contributed by atoms with Crippen molar-refractivity contribution in [1.29, 1.82) is 0 Å². The standard InChI is InChI=1S/C13H21N3O3/c1-4-5-6-11(13(18)19)14-12(17)8-16-10(3)7-9(2)15-16/h7,11H,4-6,8H2,1-3H3,(H,14,17)(H,18,19). The fourth-order valence-electron chi connectivity index (χ4n) is 1.88. The second-order valence-corrected chi connectivity index (χ2v) is 4.69. The first-order chi connectivity index (χ1) is 8.93. The molecule has 0 aliphatic carbocycles. The van der Waals surface area contributed by atoms with Gasteiger partial charge in [0.1, 0.15) is 12.6 Å². The van der Waals surface area contributed by atoms with Crippen LogP contribution in [0, 0.1) is 13.8 Å². The Morgan fingerprint density at radius 1 is 1.47 bits per heavy atom. The summed E-state index contributed by atoms with van der Waals surface area (Å²) < 4.78 is 1.57. The Hall–Kier alpha value is -1.85. The summed E-state index contributed by atoms with van der Waals surface area (Å²) in [7, 11) is 0. The summed E-state index contributed by atoms with van der Waals surface area (Å²) in [5.41, 5.74) is 1.72. The van der Waals surface area contributed by atoms with Gasteiger partial charge >= 0.3 is 5.97 Å². The molecule has 1 unspecified atom stereocenters. The van der Waals surface area contributed by atoms with Crippen molar-refractivity contribution in [1.82, 2.24) is 15.1 Å². The molecule has 0 bridgehead atoms. The van der Waals surface area contributed by atoms with Crippen molar-refractivity contribution < 1.29 is 14.7 Å². The predicted octanol–water partition coefficient (Wildman–Crippen LogP) is 1.26. The highest BCUT2D eigenvalue weighted by atomic mass is 16.4. The van der Waals surface area contributed by atoms with Gasteiger partial charge < -0.3 is 10.4 Å². The van der Waals surface area contributed by atoms with Gasteiger partial charge in [0.2, 0.25) is 5.91 Å². The highest BCUT2D eigenvalue weighted by Gasteiger charge is 2.19. The number of amides is 1. The van der Waals surface area contributed by atoms with Gasteiger partial charge in [0.05, 0.1) is 5.69 Å². The van der Waals surface area contributed by atoms with Crippen molar-refractivity contribution in [3.63, 3.8) is 0 Å². The van der Waals surface area contributed by atoms with Crippen LogP contribution >= 0.6 is 0 Å². The van der Waals surface area contributed by atoms with Gasteiger partial charge in [-0.2, -0.15) is 5.10 Å². The van der Waals surface area contributed by atoms with E-state index in [0.717, 1.165) is 24.2 Å². The van der Waals surface area contributed by atoms with E-state index in [2.05, 4.69) is 10.4 Å². The van der Waals surface area contributed by atoms with Crippen LogP contribution in [0.15, 0.2) is 6.07 Å². The average Bonchev–Trinajstić information content (AvgIpc) is 2.62. The Bertz CT molecular complexity index is 454. The van der Waals surface area contributed by atoms with E-state index in [1.165, 1.54) is 0 Å². The molecule has 106 valence electrons. The number of carbonyl (C=O) groups excluding carboxylic acids is 1. The van der Waals surface area contributed by atoms with Crippen molar-refractivity contribution in [3.8, 4) is 0 Å². The van der Waals surface area contributed by atoms with Crippen LogP contribution in [0.2, 0.25) is 0 Å². The summed E-state index contributed by atoms with van der Waals surface area (Å²) in [6.45, 7) is 5.74. The Balaban J connectivity index is 2.57. The number of rotatable bonds is 7. The van der Waals surface area contributed by atoms with Crippen molar-refractivity contribution in [2.24, 2.45) is 0 Å². The summed E-state index contributed by atoms with van der Waals surface area (Å²) in [5, 5.41) is 15.7. The summed E-state index contributed by atoms with van der Waals surface area (Å²) in [5.74, 6) is -1.31. The summed E-state index contributed by atoms with van der Waals surface area (Å²) >= 11 is 0. The summed E-state index contributed by atoms with van der Waals surface area (Å²) in [6, 6.07) is 1.06. The maximum atomic E-state index is 11.8. The lowest BCUT2D eigenvalue weighted by Gasteiger charge is -2.14. The SMILES string of the molecule is CCCCC(NC(=O)Cn1nc(C)cc1C)C(=O)O. The molecule has 1 rings (SSSR count). The first kappa shape index (κ1) is 15.2. The maximum Gasteiger partial charge on any atom is 0.326 e. The van der Waals surface area contributed by atoms with E-state index >= 15 is 0 Å². The molecule has 1 atom stereocenters. The Kier molecular flexibility index (Phi) is 5.54. The molecule has 0 fully saturated rings. The largest absolute Gasteiger partial charge is 0.480 e. The first-order valence-corrected chi connectivity index (χ1v) is 6.47. The zero-order chi connectivity index (χ0) is 14.4. The monoisotopic (exact) mass is 267 g/mol. The number of hydrogen-bond donors (Lipinski definition) is 2. The predicted molar refractivity (Wildman–Crippen MR) is 70.8 cm³/mol. The highest BCUT2D eigenvalue weighted by Crippen LogP contribution is 2.03. The van der Waals surface area contributed by atoms with E-state index in [9.17, 15) is 9.59 Å². The second kappa shape index (κ2) is 6.92. The zero-order valence-electron chi connectivity index (χ0n) is 11.6. The molecular formula is C13H21N3O3.